The van der Waals surface area contributed by atoms with Gasteiger partial charge in [0.1, 0.15) is 5.69 Å². The standard InChI is InChI=1S/C16H19Cl2N3O.3CH5N/c1-3-4-7-11-8-5-6-9-13(11)19-16(22)12-10-21(2)20-14(12)15(17)18;3*1-2/h5-6,8-10,15H,3-4,7H2,1-2H3,(H,19,22);3*2H2,1H3. The van der Waals surface area contributed by atoms with Crippen molar-refractivity contribution in [3.8, 4) is 0 Å². The predicted molar refractivity (Wildman–Crippen MR) is 121 cm³/mol. The summed E-state index contributed by atoms with van der Waals surface area (Å²) in [7, 11) is 6.23. The van der Waals surface area contributed by atoms with Gasteiger partial charge < -0.3 is 22.5 Å². The molecule has 0 saturated heterocycles. The Bertz CT molecular complexity index is 662. The number of unbranched alkanes of at least 4 members (excludes halogenated alkanes) is 1. The Morgan fingerprint density at radius 2 is 1.71 bits per heavy atom. The molecule has 0 spiro atoms. The summed E-state index contributed by atoms with van der Waals surface area (Å²) in [6.45, 7) is 2.14. The van der Waals surface area contributed by atoms with Crippen molar-refractivity contribution in [3.05, 3.63) is 47.3 Å². The second kappa shape index (κ2) is 17.5. The number of anilines is 1. The molecule has 9 heteroatoms. The van der Waals surface area contributed by atoms with Gasteiger partial charge in [0.25, 0.3) is 5.91 Å². The normalized spacial score (nSPS) is 9.25. The third-order valence-corrected chi connectivity index (χ3v) is 3.79. The van der Waals surface area contributed by atoms with Crippen LogP contribution >= 0.6 is 23.2 Å². The highest BCUT2D eigenvalue weighted by Crippen LogP contribution is 2.27. The summed E-state index contributed by atoms with van der Waals surface area (Å²) in [4.78, 5) is 11.7. The lowest BCUT2D eigenvalue weighted by Crippen LogP contribution is -2.14. The molecule has 1 amide bonds. The topological polar surface area (TPSA) is 125 Å². The Morgan fingerprint density at radius 1 is 1.14 bits per heavy atom. The summed E-state index contributed by atoms with van der Waals surface area (Å²) in [5, 5.41) is 7.07. The number of nitrogens with one attached hydrogen (secondary N) is 1. The van der Waals surface area contributed by atoms with E-state index in [0.29, 0.717) is 11.3 Å². The number of benzene rings is 1. The fraction of sp³-hybridized carbons (Fsp3) is 0.474. The second-order valence-electron chi connectivity index (χ2n) is 5.12. The largest absolute Gasteiger partial charge is 0.333 e. The Hall–Kier alpha value is -1.64. The van der Waals surface area contributed by atoms with Crippen LogP contribution in [0.2, 0.25) is 0 Å². The van der Waals surface area contributed by atoms with E-state index in [1.807, 2.05) is 24.3 Å². The molecule has 0 fully saturated rings. The van der Waals surface area contributed by atoms with Gasteiger partial charge >= 0.3 is 0 Å². The average molecular weight is 433 g/mol. The maximum atomic E-state index is 12.5. The molecule has 2 rings (SSSR count). The first kappa shape index (κ1) is 28.6. The highest BCUT2D eigenvalue weighted by Gasteiger charge is 2.20. The molecule has 0 aliphatic heterocycles. The number of nitrogens with zero attached hydrogens (tertiary/aromatic N) is 2. The SMILES string of the molecule is CCCCc1ccccc1NC(=O)c1cn(C)nc1C(Cl)Cl.CN.CN.CN. The Kier molecular flexibility index (Phi) is 17.8. The lowest BCUT2D eigenvalue weighted by atomic mass is 10.1. The van der Waals surface area contributed by atoms with Crippen molar-refractivity contribution in [1.29, 1.82) is 0 Å². The highest BCUT2D eigenvalue weighted by molar-refractivity contribution is 6.44. The molecule has 2 aromatic rings. The van der Waals surface area contributed by atoms with E-state index in [1.165, 1.54) is 25.8 Å². The van der Waals surface area contributed by atoms with E-state index in [2.05, 4.69) is 34.5 Å². The molecule has 28 heavy (non-hydrogen) atoms. The molecular formula is C19H34Cl2N6O. The van der Waals surface area contributed by atoms with Crippen LogP contribution in [0.3, 0.4) is 0 Å². The average Bonchev–Trinajstić information content (AvgIpc) is 3.14. The van der Waals surface area contributed by atoms with Crippen molar-refractivity contribution < 1.29 is 4.79 Å². The molecule has 0 radical (unpaired) electrons. The summed E-state index contributed by atoms with van der Waals surface area (Å²) in [6, 6.07) is 7.81. The minimum atomic E-state index is -0.836. The third-order valence-electron chi connectivity index (χ3n) is 3.37. The monoisotopic (exact) mass is 432 g/mol. The number of carbonyl (C=O) groups excluding carboxylic acids is 1. The van der Waals surface area contributed by atoms with Gasteiger partial charge in [0.05, 0.1) is 5.56 Å². The lowest BCUT2D eigenvalue weighted by molar-refractivity contribution is 0.102. The van der Waals surface area contributed by atoms with Gasteiger partial charge in [-0.3, -0.25) is 9.48 Å². The molecular weight excluding hydrogens is 399 g/mol. The number of hydrogen-bond donors (Lipinski definition) is 4. The molecule has 1 heterocycles. The van der Waals surface area contributed by atoms with Crippen LogP contribution in [-0.2, 0) is 13.5 Å². The van der Waals surface area contributed by atoms with Crippen LogP contribution in [0, 0.1) is 0 Å². The number of aryl methyl sites for hydroxylation is 2. The zero-order valence-electron chi connectivity index (χ0n) is 17.4. The van der Waals surface area contributed by atoms with Gasteiger partial charge in [0, 0.05) is 18.9 Å². The first-order chi connectivity index (χ1) is 13.5. The molecule has 1 aromatic carbocycles. The van der Waals surface area contributed by atoms with E-state index in [9.17, 15) is 4.79 Å². The number of amides is 1. The zero-order chi connectivity index (χ0) is 22.1. The minimum Gasteiger partial charge on any atom is -0.333 e. The maximum Gasteiger partial charge on any atom is 0.259 e. The Morgan fingerprint density at radius 3 is 2.25 bits per heavy atom. The van der Waals surface area contributed by atoms with Gasteiger partial charge in [-0.1, -0.05) is 54.7 Å². The molecule has 0 atom stereocenters. The van der Waals surface area contributed by atoms with E-state index in [1.54, 1.807) is 13.2 Å². The number of aromatic nitrogens is 2. The van der Waals surface area contributed by atoms with E-state index < -0.39 is 4.84 Å². The first-order valence-electron chi connectivity index (χ1n) is 8.97. The van der Waals surface area contributed by atoms with Gasteiger partial charge in [-0.25, -0.2) is 0 Å². The first-order valence-corrected chi connectivity index (χ1v) is 9.84. The van der Waals surface area contributed by atoms with Crippen molar-refractivity contribution in [3.63, 3.8) is 0 Å². The summed E-state index contributed by atoms with van der Waals surface area (Å²) >= 11 is 11.8. The molecule has 0 unspecified atom stereocenters. The molecule has 1 aromatic heterocycles. The van der Waals surface area contributed by atoms with E-state index in [0.717, 1.165) is 30.5 Å². The van der Waals surface area contributed by atoms with Crippen molar-refractivity contribution in [2.75, 3.05) is 26.5 Å². The number of para-hydroxylation sites is 1. The quantitative estimate of drug-likeness (QED) is 0.521. The van der Waals surface area contributed by atoms with Crippen molar-refractivity contribution in [2.24, 2.45) is 24.2 Å². The molecule has 160 valence electrons. The summed E-state index contributed by atoms with van der Waals surface area (Å²) < 4.78 is 1.53. The van der Waals surface area contributed by atoms with Crippen molar-refractivity contribution in [2.45, 2.75) is 31.0 Å². The molecule has 7 N–H and O–H groups in total. The third kappa shape index (κ3) is 9.52. The zero-order valence-corrected chi connectivity index (χ0v) is 18.9. The van der Waals surface area contributed by atoms with Gasteiger partial charge in [-0.15, -0.1) is 0 Å². The number of nitrogens with two attached hydrogens (primary N) is 3. The lowest BCUT2D eigenvalue weighted by Gasteiger charge is -2.11. The van der Waals surface area contributed by atoms with Gasteiger partial charge in [0.2, 0.25) is 0 Å². The summed E-state index contributed by atoms with van der Waals surface area (Å²) in [5.74, 6) is -0.252. The molecule has 0 bridgehead atoms. The molecule has 0 aliphatic carbocycles. The van der Waals surface area contributed by atoms with Crippen LogP contribution < -0.4 is 22.5 Å². The van der Waals surface area contributed by atoms with Crippen LogP contribution in [0.4, 0.5) is 5.69 Å². The number of rotatable bonds is 6. The fourth-order valence-electron chi connectivity index (χ4n) is 2.26. The van der Waals surface area contributed by atoms with Crippen LogP contribution in [0.1, 0.15) is 46.2 Å². The van der Waals surface area contributed by atoms with Crippen LogP contribution in [-0.4, -0.2) is 36.8 Å². The van der Waals surface area contributed by atoms with E-state index >= 15 is 0 Å². The van der Waals surface area contributed by atoms with Gasteiger partial charge in [-0.2, -0.15) is 5.10 Å². The van der Waals surface area contributed by atoms with Crippen molar-refractivity contribution in [1.82, 2.24) is 9.78 Å². The minimum absolute atomic E-state index is 0.252. The highest BCUT2D eigenvalue weighted by atomic mass is 35.5. The van der Waals surface area contributed by atoms with Crippen LogP contribution in [0.15, 0.2) is 30.5 Å². The molecule has 7 nitrogen and oxygen atoms in total. The number of carbonyl (C=O) groups is 1. The molecule has 0 aliphatic rings. The Balaban J connectivity index is 0. The second-order valence-corrected chi connectivity index (χ2v) is 6.21. The summed E-state index contributed by atoms with van der Waals surface area (Å²) in [5.41, 5.74) is 16.2. The number of hydrogen-bond acceptors (Lipinski definition) is 5. The van der Waals surface area contributed by atoms with Crippen LogP contribution in [0.25, 0.3) is 0 Å². The Labute approximate surface area is 178 Å². The van der Waals surface area contributed by atoms with Crippen LogP contribution in [0.5, 0.6) is 0 Å². The number of alkyl halides is 2. The number of halogens is 2. The van der Waals surface area contributed by atoms with E-state index in [4.69, 9.17) is 23.2 Å². The smallest absolute Gasteiger partial charge is 0.259 e. The van der Waals surface area contributed by atoms with E-state index in [-0.39, 0.29) is 5.91 Å². The van der Waals surface area contributed by atoms with Crippen molar-refractivity contribution >= 4 is 34.8 Å². The predicted octanol–water partition coefficient (Wildman–Crippen LogP) is 3.22. The van der Waals surface area contributed by atoms with Gasteiger partial charge in [0.15, 0.2) is 4.84 Å². The fourth-order valence-corrected chi connectivity index (χ4v) is 2.58. The molecule has 0 saturated carbocycles. The maximum absolute atomic E-state index is 12.5. The van der Waals surface area contributed by atoms with Gasteiger partial charge in [-0.05, 0) is 45.6 Å². The summed E-state index contributed by atoms with van der Waals surface area (Å²) in [6.07, 6.45) is 4.74.